The molecule has 69 heavy (non-hydrogen) atoms. The number of rotatable bonds is 3. The first-order valence-corrected chi connectivity index (χ1v) is 24.8. The third kappa shape index (κ3) is 6.60. The highest BCUT2D eigenvalue weighted by Gasteiger charge is 2.47. The van der Waals surface area contributed by atoms with Gasteiger partial charge in [-0.1, -0.05) is 142 Å². The Morgan fingerprint density at radius 2 is 1.22 bits per heavy atom. The predicted octanol–water partition coefficient (Wildman–Crippen LogP) is 13.6. The molecule has 0 fully saturated rings. The molecule has 2 aliphatic carbocycles. The van der Waals surface area contributed by atoms with E-state index in [-0.39, 0.29) is 33.9 Å². The first-order valence-electron chi connectivity index (χ1n) is 24.0. The van der Waals surface area contributed by atoms with E-state index in [1.807, 2.05) is 23.5 Å². The van der Waals surface area contributed by atoms with Gasteiger partial charge in [0, 0.05) is 48.7 Å². The number of benzene rings is 6. The normalized spacial score (nSPS) is 15.8. The van der Waals surface area contributed by atoms with Crippen LogP contribution in [0.15, 0.2) is 127 Å². The van der Waals surface area contributed by atoms with E-state index < -0.39 is 28.7 Å². The fraction of sp³-hybridized carbons (Fsp3) is 0.267. The van der Waals surface area contributed by atoms with Crippen LogP contribution >= 0.6 is 11.3 Å². The number of phenols is 5. The lowest BCUT2D eigenvalue weighted by Crippen LogP contribution is -2.61. The van der Waals surface area contributed by atoms with E-state index in [9.17, 15) is 25.5 Å². The van der Waals surface area contributed by atoms with E-state index in [0.717, 1.165) is 51.4 Å². The molecular weight excluding hydrogens is 872 g/mol. The molecule has 1 aromatic heterocycles. The Labute approximate surface area is 409 Å². The van der Waals surface area contributed by atoms with Gasteiger partial charge in [0.25, 0.3) is 6.71 Å². The zero-order chi connectivity index (χ0) is 49.0. The number of fused-ring (bicyclic) bond motifs is 9. The molecule has 0 bridgehead atoms. The fourth-order valence-electron chi connectivity index (χ4n) is 11.2. The maximum absolute atomic E-state index is 11.7. The van der Waals surface area contributed by atoms with Crippen molar-refractivity contribution in [1.29, 1.82) is 0 Å². The van der Waals surface area contributed by atoms with Gasteiger partial charge in [-0.3, -0.25) is 0 Å². The average molecular weight is 931 g/mol. The number of hydrogen-bond acceptors (Lipinski definition) is 8. The van der Waals surface area contributed by atoms with Crippen molar-refractivity contribution >= 4 is 72.3 Å². The van der Waals surface area contributed by atoms with Crippen molar-refractivity contribution in [1.82, 2.24) is 0 Å². The minimum atomic E-state index is -0.999. The van der Waals surface area contributed by atoms with Crippen molar-refractivity contribution < 1.29 is 25.5 Å². The molecule has 7 nitrogen and oxygen atoms in total. The summed E-state index contributed by atoms with van der Waals surface area (Å²) < 4.78 is 2.39. The number of anilines is 5. The van der Waals surface area contributed by atoms with E-state index in [1.165, 1.54) is 53.9 Å². The SMILES string of the molecule is CC(C)(C)C1=CC=C(N2c3cc(-c4c(O)c(O)c(O)c(O)c4O)cc4c3B(c3cc(C(C)(C)C)ccc3N4c3ccc(C(C)(C)C)cc3)c3sc4cc5c(cc4c32)-c2ccccc2C5(C)C)C=CC1. The summed E-state index contributed by atoms with van der Waals surface area (Å²) in [6.45, 7) is 24.5. The molecule has 2 aliphatic heterocycles. The molecular formula is C60H59BN2O5S. The van der Waals surface area contributed by atoms with Gasteiger partial charge in [-0.2, -0.15) is 0 Å². The first kappa shape index (κ1) is 44.7. The minimum Gasteiger partial charge on any atom is -0.504 e. The Hall–Kier alpha value is -6.84. The average Bonchev–Trinajstić information content (AvgIpc) is 3.62. The Kier molecular flexibility index (Phi) is 9.60. The van der Waals surface area contributed by atoms with Gasteiger partial charge in [0.2, 0.25) is 17.2 Å². The third-order valence-electron chi connectivity index (χ3n) is 15.2. The molecule has 348 valence electrons. The van der Waals surface area contributed by atoms with Crippen molar-refractivity contribution in [2.24, 2.45) is 5.41 Å². The van der Waals surface area contributed by atoms with E-state index in [2.05, 4.69) is 189 Å². The van der Waals surface area contributed by atoms with Gasteiger partial charge in [0.1, 0.15) is 0 Å². The molecule has 0 saturated carbocycles. The van der Waals surface area contributed by atoms with Gasteiger partial charge in [0.05, 0.1) is 11.3 Å². The van der Waals surface area contributed by atoms with Gasteiger partial charge in [-0.05, 0) is 127 Å². The Bertz CT molecular complexity index is 3430. The highest BCUT2D eigenvalue weighted by atomic mass is 32.1. The Balaban J connectivity index is 1.31. The topological polar surface area (TPSA) is 108 Å². The summed E-state index contributed by atoms with van der Waals surface area (Å²) in [5, 5.41) is 57.4. The Morgan fingerprint density at radius 3 is 1.87 bits per heavy atom. The van der Waals surface area contributed by atoms with Crippen LogP contribution in [0.4, 0.5) is 28.4 Å². The standard InChI is InChI=1S/C60H59BN2O5S/c1-57(2,3)33-15-14-16-36(23-19-33)63-46-28-32(48-51(64)53(66)55(68)54(67)52(48)65)27-45-49(46)61(56-50(63)40-30-39-38-17-12-13-18-41(38)60(10,11)42(39)31-47(40)69-56)43-29-35(59(7,8)9)22-26-44(43)62(45)37-24-20-34(21-25-37)58(4,5)6/h12-14,16-31,64-68H,15H2,1-11H3. The molecule has 0 saturated heterocycles. The van der Waals surface area contributed by atoms with Crippen molar-refractivity contribution in [3.8, 4) is 51.0 Å². The van der Waals surface area contributed by atoms with E-state index in [1.54, 1.807) is 0 Å². The van der Waals surface area contributed by atoms with Crippen LogP contribution in [-0.2, 0) is 16.2 Å². The van der Waals surface area contributed by atoms with E-state index in [4.69, 9.17) is 0 Å². The number of phenolic OH excluding ortho intramolecular Hbond substituents is 5. The molecule has 11 rings (SSSR count). The summed E-state index contributed by atoms with van der Waals surface area (Å²) in [5.41, 5.74) is 16.1. The summed E-state index contributed by atoms with van der Waals surface area (Å²) in [7, 11) is 0. The summed E-state index contributed by atoms with van der Waals surface area (Å²) in [4.78, 5) is 4.64. The molecule has 6 aromatic carbocycles. The fourth-order valence-corrected chi connectivity index (χ4v) is 12.6. The number of hydrogen-bond donors (Lipinski definition) is 5. The van der Waals surface area contributed by atoms with Crippen molar-refractivity contribution in [3.63, 3.8) is 0 Å². The second-order valence-corrected chi connectivity index (χ2v) is 24.1. The summed E-state index contributed by atoms with van der Waals surface area (Å²) in [6, 6.07) is 33.0. The van der Waals surface area contributed by atoms with Crippen molar-refractivity contribution in [2.45, 2.75) is 98.8 Å². The van der Waals surface area contributed by atoms with Crippen molar-refractivity contribution in [2.75, 3.05) is 9.80 Å². The monoisotopic (exact) mass is 930 g/mol. The van der Waals surface area contributed by atoms with Gasteiger partial charge in [0.15, 0.2) is 11.5 Å². The lowest BCUT2D eigenvalue weighted by Gasteiger charge is -2.44. The number of aromatic hydroxyl groups is 5. The van der Waals surface area contributed by atoms with Crippen LogP contribution in [0.5, 0.6) is 28.7 Å². The second kappa shape index (κ2) is 14.8. The van der Waals surface area contributed by atoms with Crippen LogP contribution in [0, 0.1) is 5.41 Å². The van der Waals surface area contributed by atoms with Crippen LogP contribution in [-0.4, -0.2) is 32.2 Å². The minimum absolute atomic E-state index is 0.0706. The molecule has 0 atom stereocenters. The lowest BCUT2D eigenvalue weighted by atomic mass is 9.36. The zero-order valence-corrected chi connectivity index (χ0v) is 42.1. The smallest absolute Gasteiger partial charge is 0.264 e. The molecule has 5 N–H and O–H groups in total. The number of nitrogens with zero attached hydrogens (tertiary/aromatic N) is 2. The van der Waals surface area contributed by atoms with Gasteiger partial charge >= 0.3 is 0 Å². The molecule has 4 aliphatic rings. The van der Waals surface area contributed by atoms with Crippen LogP contribution < -0.4 is 25.5 Å². The molecule has 0 radical (unpaired) electrons. The predicted molar refractivity (Wildman–Crippen MR) is 288 cm³/mol. The molecule has 7 aromatic rings. The van der Waals surface area contributed by atoms with Crippen LogP contribution in [0.3, 0.4) is 0 Å². The van der Waals surface area contributed by atoms with Gasteiger partial charge < -0.3 is 35.3 Å². The maximum Gasteiger partial charge on any atom is 0.264 e. The lowest BCUT2D eigenvalue weighted by molar-refractivity contribution is 0.330. The largest absolute Gasteiger partial charge is 0.504 e. The quantitative estimate of drug-likeness (QED) is 0.0682. The van der Waals surface area contributed by atoms with Gasteiger partial charge in [-0.15, -0.1) is 11.3 Å². The summed E-state index contributed by atoms with van der Waals surface area (Å²) in [6.07, 6.45) is 9.70. The maximum atomic E-state index is 11.7. The Morgan fingerprint density at radius 1 is 0.594 bits per heavy atom. The third-order valence-corrected chi connectivity index (χ3v) is 16.4. The van der Waals surface area contributed by atoms with Crippen molar-refractivity contribution in [3.05, 3.63) is 149 Å². The summed E-state index contributed by atoms with van der Waals surface area (Å²) >= 11 is 1.85. The van der Waals surface area contributed by atoms with Crippen LogP contribution in [0.1, 0.15) is 105 Å². The van der Waals surface area contributed by atoms with E-state index in [0.29, 0.717) is 5.56 Å². The zero-order valence-electron chi connectivity index (χ0n) is 41.3. The highest BCUT2D eigenvalue weighted by Crippen LogP contribution is 2.58. The number of allylic oxidation sites excluding steroid dienone is 5. The molecule has 0 unspecified atom stereocenters. The van der Waals surface area contributed by atoms with Gasteiger partial charge in [-0.25, -0.2) is 0 Å². The second-order valence-electron chi connectivity index (χ2n) is 23.0. The molecule has 9 heteroatoms. The molecule has 3 heterocycles. The highest BCUT2D eigenvalue weighted by molar-refractivity contribution is 7.33. The number of thiophene rings is 1. The van der Waals surface area contributed by atoms with E-state index >= 15 is 0 Å². The molecule has 0 amide bonds. The molecule has 0 spiro atoms. The first-order chi connectivity index (χ1) is 32.5. The summed E-state index contributed by atoms with van der Waals surface area (Å²) in [5.74, 6) is -4.33. The van der Waals surface area contributed by atoms with Crippen LogP contribution in [0.2, 0.25) is 0 Å². The van der Waals surface area contributed by atoms with Crippen LogP contribution in [0.25, 0.3) is 32.3 Å².